The lowest BCUT2D eigenvalue weighted by atomic mass is 10.1. The molecule has 20 heavy (non-hydrogen) atoms. The van der Waals surface area contributed by atoms with Crippen LogP contribution in [0.5, 0.6) is 0 Å². The molecule has 0 aromatic heterocycles. The van der Waals surface area contributed by atoms with Gasteiger partial charge in [-0.3, -0.25) is 4.79 Å². The van der Waals surface area contributed by atoms with Crippen LogP contribution in [0.3, 0.4) is 0 Å². The number of carbonyl (C=O) groups excluding carboxylic acids is 1. The van der Waals surface area contributed by atoms with Crippen LogP contribution in [0.15, 0.2) is 24.3 Å². The molecule has 1 N–H and O–H groups in total. The molecular formula is C16H22N2O2. The van der Waals surface area contributed by atoms with E-state index in [4.69, 9.17) is 4.74 Å². The lowest BCUT2D eigenvalue weighted by Crippen LogP contribution is -2.37. The molecule has 1 amide bonds. The van der Waals surface area contributed by atoms with E-state index >= 15 is 0 Å². The van der Waals surface area contributed by atoms with E-state index in [-0.39, 0.29) is 5.91 Å². The summed E-state index contributed by atoms with van der Waals surface area (Å²) < 4.78 is 5.44. The summed E-state index contributed by atoms with van der Waals surface area (Å²) in [4.78, 5) is 14.9. The predicted octanol–water partition coefficient (Wildman–Crippen LogP) is 2.37. The van der Waals surface area contributed by atoms with Crippen LogP contribution in [0.25, 0.3) is 0 Å². The highest BCUT2D eigenvalue weighted by atomic mass is 16.5. The Labute approximate surface area is 120 Å². The van der Waals surface area contributed by atoms with Gasteiger partial charge in [0.1, 0.15) is 0 Å². The topological polar surface area (TPSA) is 41.6 Å². The van der Waals surface area contributed by atoms with Gasteiger partial charge in [0.25, 0.3) is 5.91 Å². The number of hydrogen-bond donors (Lipinski definition) is 1. The smallest absolute Gasteiger partial charge is 0.256 e. The summed E-state index contributed by atoms with van der Waals surface area (Å²) in [6.07, 6.45) is 3.35. The van der Waals surface area contributed by atoms with Gasteiger partial charge in [0.2, 0.25) is 0 Å². The van der Waals surface area contributed by atoms with Crippen molar-refractivity contribution in [2.24, 2.45) is 5.92 Å². The lowest BCUT2D eigenvalue weighted by molar-refractivity contribution is 0.0707. The van der Waals surface area contributed by atoms with Crippen molar-refractivity contribution in [2.75, 3.05) is 32.1 Å². The summed E-state index contributed by atoms with van der Waals surface area (Å²) in [5.41, 5.74) is 1.69. The molecule has 0 radical (unpaired) electrons. The van der Waals surface area contributed by atoms with E-state index < -0.39 is 0 Å². The van der Waals surface area contributed by atoms with Crippen molar-refractivity contribution in [3.63, 3.8) is 0 Å². The first-order valence-electron chi connectivity index (χ1n) is 7.45. The second-order valence-corrected chi connectivity index (χ2v) is 5.71. The van der Waals surface area contributed by atoms with E-state index in [0.717, 1.165) is 50.3 Å². The Morgan fingerprint density at radius 2 is 2.15 bits per heavy atom. The summed E-state index contributed by atoms with van der Waals surface area (Å²) in [6.45, 7) is 2.47. The van der Waals surface area contributed by atoms with Gasteiger partial charge in [-0.05, 0) is 31.4 Å². The molecule has 4 heteroatoms. The zero-order chi connectivity index (χ0) is 13.9. The number of ether oxygens (including phenoxy) is 1. The number of rotatable bonds is 5. The maximum Gasteiger partial charge on any atom is 0.256 e. The van der Waals surface area contributed by atoms with E-state index in [1.807, 2.05) is 31.3 Å². The van der Waals surface area contributed by atoms with Crippen LogP contribution in [0, 0.1) is 5.92 Å². The number of amides is 1. The van der Waals surface area contributed by atoms with Gasteiger partial charge < -0.3 is 15.0 Å². The first-order valence-corrected chi connectivity index (χ1v) is 7.45. The van der Waals surface area contributed by atoms with Crippen molar-refractivity contribution in [2.45, 2.75) is 25.3 Å². The minimum atomic E-state index is 0.157. The van der Waals surface area contributed by atoms with Gasteiger partial charge in [0.05, 0.1) is 12.2 Å². The maximum absolute atomic E-state index is 12.8. The van der Waals surface area contributed by atoms with Crippen molar-refractivity contribution in [1.82, 2.24) is 4.90 Å². The molecule has 0 spiro atoms. The lowest BCUT2D eigenvalue weighted by Gasteiger charge is -2.26. The van der Waals surface area contributed by atoms with Gasteiger partial charge in [-0.15, -0.1) is 0 Å². The monoisotopic (exact) mass is 274 g/mol. The van der Waals surface area contributed by atoms with E-state index in [0.29, 0.717) is 12.0 Å². The predicted molar refractivity (Wildman–Crippen MR) is 79.0 cm³/mol. The van der Waals surface area contributed by atoms with E-state index in [2.05, 4.69) is 10.2 Å². The molecule has 3 rings (SSSR count). The number of para-hydroxylation sites is 1. The molecular weight excluding hydrogens is 252 g/mol. The molecule has 1 unspecified atom stereocenters. The Hall–Kier alpha value is -1.55. The molecule has 1 aromatic carbocycles. The SMILES string of the molecule is CNc1ccccc1C(=O)N(CC1CCOC1)C1CC1. The van der Waals surface area contributed by atoms with Crippen molar-refractivity contribution in [1.29, 1.82) is 0 Å². The van der Waals surface area contributed by atoms with Crippen LogP contribution in [0.4, 0.5) is 5.69 Å². The van der Waals surface area contributed by atoms with Gasteiger partial charge >= 0.3 is 0 Å². The van der Waals surface area contributed by atoms with Crippen LogP contribution < -0.4 is 5.32 Å². The molecule has 1 atom stereocenters. The molecule has 4 nitrogen and oxygen atoms in total. The van der Waals surface area contributed by atoms with Crippen molar-refractivity contribution in [3.8, 4) is 0 Å². The number of anilines is 1. The van der Waals surface area contributed by atoms with Crippen molar-refractivity contribution in [3.05, 3.63) is 29.8 Å². The van der Waals surface area contributed by atoms with Gasteiger partial charge in [0, 0.05) is 37.8 Å². The van der Waals surface area contributed by atoms with Crippen LogP contribution in [0.2, 0.25) is 0 Å². The van der Waals surface area contributed by atoms with Crippen LogP contribution in [-0.4, -0.2) is 43.7 Å². The molecule has 108 valence electrons. The largest absolute Gasteiger partial charge is 0.387 e. The maximum atomic E-state index is 12.8. The molecule has 1 heterocycles. The van der Waals surface area contributed by atoms with Gasteiger partial charge in [0.15, 0.2) is 0 Å². The number of nitrogens with one attached hydrogen (secondary N) is 1. The highest BCUT2D eigenvalue weighted by Gasteiger charge is 2.35. The van der Waals surface area contributed by atoms with Crippen LogP contribution in [0.1, 0.15) is 29.6 Å². The number of hydrogen-bond acceptors (Lipinski definition) is 3. The standard InChI is InChI=1S/C16H22N2O2/c1-17-15-5-3-2-4-14(15)16(19)18(13-6-7-13)10-12-8-9-20-11-12/h2-5,12-13,17H,6-11H2,1H3. The van der Waals surface area contributed by atoms with Crippen LogP contribution >= 0.6 is 0 Å². The third-order valence-corrected chi connectivity index (χ3v) is 4.15. The Kier molecular flexibility index (Phi) is 3.92. The quantitative estimate of drug-likeness (QED) is 0.896. The highest BCUT2D eigenvalue weighted by Crippen LogP contribution is 2.31. The average molecular weight is 274 g/mol. The summed E-state index contributed by atoms with van der Waals surface area (Å²) >= 11 is 0. The third-order valence-electron chi connectivity index (χ3n) is 4.15. The van der Waals surface area contributed by atoms with Crippen molar-refractivity contribution < 1.29 is 9.53 Å². The number of nitrogens with zero attached hydrogens (tertiary/aromatic N) is 1. The highest BCUT2D eigenvalue weighted by molar-refractivity contribution is 5.99. The van der Waals surface area contributed by atoms with E-state index in [1.54, 1.807) is 0 Å². The fraction of sp³-hybridized carbons (Fsp3) is 0.562. The first kappa shape index (κ1) is 13.4. The Morgan fingerprint density at radius 1 is 1.35 bits per heavy atom. The number of benzene rings is 1. The molecule has 1 saturated carbocycles. The molecule has 1 aromatic rings. The molecule has 2 aliphatic rings. The molecule has 1 aliphatic heterocycles. The average Bonchev–Trinajstić information content (AvgIpc) is 3.20. The number of carbonyl (C=O) groups is 1. The van der Waals surface area contributed by atoms with Crippen LogP contribution in [-0.2, 0) is 4.74 Å². The fourth-order valence-corrected chi connectivity index (χ4v) is 2.83. The minimum absolute atomic E-state index is 0.157. The van der Waals surface area contributed by atoms with E-state index in [9.17, 15) is 4.79 Å². The third kappa shape index (κ3) is 2.80. The van der Waals surface area contributed by atoms with Gasteiger partial charge in [-0.1, -0.05) is 12.1 Å². The molecule has 1 aliphatic carbocycles. The Balaban J connectivity index is 1.77. The zero-order valence-electron chi connectivity index (χ0n) is 12.0. The fourth-order valence-electron chi connectivity index (χ4n) is 2.83. The Bertz CT molecular complexity index is 479. The molecule has 0 bridgehead atoms. The summed E-state index contributed by atoms with van der Waals surface area (Å²) in [5.74, 6) is 0.658. The second kappa shape index (κ2) is 5.83. The van der Waals surface area contributed by atoms with Gasteiger partial charge in [-0.25, -0.2) is 0 Å². The summed E-state index contributed by atoms with van der Waals surface area (Å²) in [7, 11) is 1.86. The molecule has 1 saturated heterocycles. The Morgan fingerprint density at radius 3 is 2.80 bits per heavy atom. The summed E-state index contributed by atoms with van der Waals surface area (Å²) in [5, 5.41) is 3.11. The first-order chi connectivity index (χ1) is 9.79. The second-order valence-electron chi connectivity index (χ2n) is 5.71. The van der Waals surface area contributed by atoms with Gasteiger partial charge in [-0.2, -0.15) is 0 Å². The van der Waals surface area contributed by atoms with E-state index in [1.165, 1.54) is 0 Å². The van der Waals surface area contributed by atoms with Crippen molar-refractivity contribution >= 4 is 11.6 Å². The zero-order valence-corrected chi connectivity index (χ0v) is 12.0. The normalized spacial score (nSPS) is 21.8. The molecule has 2 fully saturated rings. The summed E-state index contributed by atoms with van der Waals surface area (Å²) in [6, 6.07) is 8.19. The minimum Gasteiger partial charge on any atom is -0.387 e.